The Hall–Kier alpha value is -5.02. The van der Waals surface area contributed by atoms with Gasteiger partial charge in [-0.05, 0) is 37.0 Å². The zero-order valence-electron chi connectivity index (χ0n) is 32.3. The summed E-state index contributed by atoms with van der Waals surface area (Å²) in [5, 5.41) is 7.44. The lowest BCUT2D eigenvalue weighted by Gasteiger charge is -2.28. The Kier molecular flexibility index (Phi) is 11.1. The average Bonchev–Trinajstić information content (AvgIpc) is 3.92. The van der Waals surface area contributed by atoms with Gasteiger partial charge < -0.3 is 25.0 Å². The van der Waals surface area contributed by atoms with Crippen molar-refractivity contribution in [3.63, 3.8) is 0 Å². The molecule has 2 aliphatic heterocycles. The number of carbonyl (C=O) groups excluding carboxylic acids is 1. The van der Waals surface area contributed by atoms with Crippen LogP contribution >= 0.6 is 23.2 Å². The summed E-state index contributed by atoms with van der Waals surface area (Å²) in [7, 11) is 6.25. The quantitative estimate of drug-likeness (QED) is 0.183. The number of halogens is 2. The van der Waals surface area contributed by atoms with Crippen LogP contribution in [0.3, 0.4) is 0 Å². The topological polar surface area (TPSA) is 149 Å². The Balaban J connectivity index is 0.00000237. The molecule has 2 aromatic carbocycles. The van der Waals surface area contributed by atoms with Crippen molar-refractivity contribution < 1.29 is 14.3 Å². The van der Waals surface area contributed by atoms with Crippen molar-refractivity contribution >= 4 is 51.8 Å². The molecule has 16 heteroatoms. The highest BCUT2D eigenvalue weighted by molar-refractivity contribution is 6.39. The predicted molar refractivity (Wildman–Crippen MR) is 218 cm³/mol. The summed E-state index contributed by atoms with van der Waals surface area (Å²) >= 11 is 14.3. The number of pyridine rings is 1. The van der Waals surface area contributed by atoms with E-state index in [0.29, 0.717) is 58.1 Å². The molecule has 0 radical (unpaired) electrons. The molecule has 1 spiro atoms. The minimum Gasteiger partial charge on any atom is -0.481 e. The van der Waals surface area contributed by atoms with Crippen LogP contribution in [-0.2, 0) is 25.3 Å². The summed E-state index contributed by atoms with van der Waals surface area (Å²) in [5.41, 5.74) is 4.38. The molecule has 3 aromatic heterocycles. The normalized spacial score (nSPS) is 19.0. The molecule has 2 unspecified atom stereocenters. The minimum atomic E-state index is -0.528. The first-order valence-electron chi connectivity index (χ1n) is 18.7. The first-order valence-corrected chi connectivity index (χ1v) is 19.4. The number of ether oxygens (including phenoxy) is 2. The summed E-state index contributed by atoms with van der Waals surface area (Å²) in [5.74, 6) is 0.776. The average molecular weight is 803 g/mol. The molecule has 2 N–H and O–H groups in total. The summed E-state index contributed by atoms with van der Waals surface area (Å²) in [6.45, 7) is 7.36. The number of likely N-dealkylation sites (tertiary alicyclic amines) is 1. The molecule has 5 heterocycles. The third kappa shape index (κ3) is 6.78. The van der Waals surface area contributed by atoms with E-state index >= 15 is 0 Å². The number of anilines is 2. The van der Waals surface area contributed by atoms with E-state index in [1.54, 1.807) is 27.3 Å². The van der Waals surface area contributed by atoms with Crippen molar-refractivity contribution in [1.82, 2.24) is 39.2 Å². The van der Waals surface area contributed by atoms with Gasteiger partial charge in [-0.1, -0.05) is 67.4 Å². The van der Waals surface area contributed by atoms with Gasteiger partial charge in [0.15, 0.2) is 5.65 Å². The van der Waals surface area contributed by atoms with Crippen molar-refractivity contribution in [3.8, 4) is 28.3 Å². The predicted octanol–water partition coefficient (Wildman–Crippen LogP) is 5.94. The minimum absolute atomic E-state index is 0.0337. The Bertz CT molecular complexity index is 2450. The second-order valence-electron chi connectivity index (χ2n) is 14.1. The highest BCUT2D eigenvalue weighted by Gasteiger charge is 2.49. The zero-order valence-corrected chi connectivity index (χ0v) is 33.8. The smallest absolute Gasteiger partial charge is 0.332 e. The number of urea groups is 1. The molecule has 2 saturated heterocycles. The Morgan fingerprint density at radius 3 is 2.45 bits per heavy atom. The van der Waals surface area contributed by atoms with Gasteiger partial charge in [0.05, 0.1) is 40.7 Å². The maximum Gasteiger partial charge on any atom is 0.332 e. The molecule has 1 aliphatic carbocycles. The maximum absolute atomic E-state index is 13.2. The first kappa shape index (κ1) is 39.2. The van der Waals surface area contributed by atoms with Gasteiger partial charge in [-0.15, -0.1) is 0 Å². The SMILES string of the molecule is CC.COCCN1CC2(CCN(C3CCc4cc(-c5cccc(-c6cccc(Nc7ncnc8c7c(=O)n(C)c(=O)n8C)c6Cl)c5Cl)nc(OC)c43)C2)NC1=O. The molecule has 5 aromatic rings. The highest BCUT2D eigenvalue weighted by Crippen LogP contribution is 2.47. The van der Waals surface area contributed by atoms with Crippen LogP contribution in [0.1, 0.15) is 43.9 Å². The van der Waals surface area contributed by atoms with E-state index in [9.17, 15) is 14.4 Å². The molecular weight excluding hydrogens is 757 g/mol. The van der Waals surface area contributed by atoms with Crippen LogP contribution in [-0.4, -0.2) is 92.5 Å². The lowest BCUT2D eigenvalue weighted by atomic mass is 9.99. The number of benzene rings is 2. The van der Waals surface area contributed by atoms with Crippen LogP contribution in [0.4, 0.5) is 16.3 Å². The molecule has 56 heavy (non-hydrogen) atoms. The van der Waals surface area contributed by atoms with Crippen molar-refractivity contribution in [2.45, 2.75) is 44.7 Å². The van der Waals surface area contributed by atoms with E-state index in [2.05, 4.69) is 31.6 Å². The van der Waals surface area contributed by atoms with Crippen LogP contribution in [0.2, 0.25) is 10.0 Å². The second-order valence-corrected chi connectivity index (χ2v) is 14.8. The number of hydrogen-bond acceptors (Lipinski definition) is 10. The summed E-state index contributed by atoms with van der Waals surface area (Å²) in [6, 6.07) is 13.4. The molecule has 2 atom stereocenters. The van der Waals surface area contributed by atoms with Gasteiger partial charge in [0, 0.05) is 75.7 Å². The Morgan fingerprint density at radius 1 is 0.964 bits per heavy atom. The van der Waals surface area contributed by atoms with Gasteiger partial charge in [-0.2, -0.15) is 0 Å². The molecule has 14 nitrogen and oxygen atoms in total. The lowest BCUT2D eigenvalue weighted by molar-refractivity contribution is 0.158. The van der Waals surface area contributed by atoms with Gasteiger partial charge in [-0.25, -0.2) is 24.5 Å². The number of carbonyl (C=O) groups is 1. The van der Waals surface area contributed by atoms with Crippen molar-refractivity contribution in [2.75, 3.05) is 52.3 Å². The molecule has 8 rings (SSSR count). The third-order valence-electron chi connectivity index (χ3n) is 10.9. The Morgan fingerprint density at radius 2 is 1.70 bits per heavy atom. The van der Waals surface area contributed by atoms with Crippen LogP contribution in [0, 0.1) is 0 Å². The van der Waals surface area contributed by atoms with Crippen LogP contribution in [0.25, 0.3) is 33.4 Å². The number of nitrogens with one attached hydrogen (secondary N) is 2. The van der Waals surface area contributed by atoms with E-state index in [-0.39, 0.29) is 34.5 Å². The second kappa shape index (κ2) is 15.8. The standard InChI is InChI=1S/C38H39Cl2N9O5.C2H6/c1-46-33-29(35(50)47(2)37(46)52)32(41-20-42-33)43-25-10-6-8-23(31(25)40)22-7-5-9-24(30(22)39)26-17-21-11-12-27(28(21)34(44-26)54-4)48-14-13-38(18-48)19-49(15-16-53-3)36(51)45-38;1-2/h5-10,17,20,27H,11-16,18-19H2,1-4H3,(H,45,51)(H,41,42,43);1-2H3. The number of aryl methyl sites for hydroxylation is 2. The molecular formula is C40H45Cl2N9O5. The van der Waals surface area contributed by atoms with Gasteiger partial charge in [0.2, 0.25) is 5.88 Å². The van der Waals surface area contributed by atoms with Crippen LogP contribution in [0.5, 0.6) is 5.88 Å². The van der Waals surface area contributed by atoms with Crippen molar-refractivity contribution in [1.29, 1.82) is 0 Å². The van der Waals surface area contributed by atoms with E-state index in [0.717, 1.165) is 53.6 Å². The third-order valence-corrected chi connectivity index (χ3v) is 11.7. The molecule has 0 saturated carbocycles. The number of hydrogen-bond donors (Lipinski definition) is 2. The maximum atomic E-state index is 13.2. The fraction of sp³-hybridized carbons (Fsp3) is 0.400. The lowest BCUT2D eigenvalue weighted by Crippen LogP contribution is -2.46. The first-order chi connectivity index (χ1) is 27.0. The number of amides is 2. The van der Waals surface area contributed by atoms with Crippen molar-refractivity contribution in [3.05, 3.63) is 90.8 Å². The fourth-order valence-electron chi connectivity index (χ4n) is 8.20. The summed E-state index contributed by atoms with van der Waals surface area (Å²) in [6.07, 6.45) is 3.93. The van der Waals surface area contributed by atoms with Gasteiger partial charge in [0.1, 0.15) is 17.5 Å². The summed E-state index contributed by atoms with van der Waals surface area (Å²) < 4.78 is 13.5. The van der Waals surface area contributed by atoms with E-state index < -0.39 is 11.2 Å². The zero-order chi connectivity index (χ0) is 39.9. The molecule has 2 fully saturated rings. The van der Waals surface area contributed by atoms with Gasteiger partial charge >= 0.3 is 11.7 Å². The largest absolute Gasteiger partial charge is 0.481 e. The number of methoxy groups -OCH3 is 2. The number of fused-ring (bicyclic) bond motifs is 2. The van der Waals surface area contributed by atoms with E-state index in [1.807, 2.05) is 49.1 Å². The molecule has 294 valence electrons. The van der Waals surface area contributed by atoms with Gasteiger partial charge in [-0.3, -0.25) is 18.8 Å². The fourth-order valence-corrected chi connectivity index (χ4v) is 8.80. The number of aromatic nitrogens is 5. The van der Waals surface area contributed by atoms with E-state index in [4.69, 9.17) is 37.7 Å². The van der Waals surface area contributed by atoms with Crippen molar-refractivity contribution in [2.24, 2.45) is 14.1 Å². The molecule has 2 amide bonds. The number of rotatable bonds is 9. The van der Waals surface area contributed by atoms with Crippen LogP contribution < -0.4 is 26.6 Å². The summed E-state index contributed by atoms with van der Waals surface area (Å²) in [4.78, 5) is 56.2. The molecule has 0 bridgehead atoms. The monoisotopic (exact) mass is 801 g/mol. The van der Waals surface area contributed by atoms with Crippen LogP contribution in [0.15, 0.2) is 58.4 Å². The highest BCUT2D eigenvalue weighted by atomic mass is 35.5. The van der Waals surface area contributed by atoms with E-state index in [1.165, 1.54) is 17.9 Å². The Labute approximate surface area is 334 Å². The van der Waals surface area contributed by atoms with Gasteiger partial charge in [0.25, 0.3) is 5.56 Å². The number of nitrogens with zero attached hydrogens (tertiary/aromatic N) is 7. The molecule has 3 aliphatic rings.